The molecule has 176 valence electrons. The SMILES string of the molecule is C[C@@]1(Cc2ccc(F)c(Cl)c2)Cc2cc(C(=O)N(CCC(=O)O)Cc3ccccc3)ccc2O1. The molecular weight excluding hydrogens is 457 g/mol. The van der Waals surface area contributed by atoms with Crippen LogP contribution in [-0.4, -0.2) is 34.0 Å². The number of carboxylic acid groups (broad SMARTS) is 1. The third kappa shape index (κ3) is 5.57. The fraction of sp³-hybridized carbons (Fsp3) is 0.259. The van der Waals surface area contributed by atoms with E-state index in [0.29, 0.717) is 30.7 Å². The smallest absolute Gasteiger partial charge is 0.305 e. The first kappa shape index (κ1) is 23.8. The molecule has 0 aliphatic carbocycles. The van der Waals surface area contributed by atoms with Gasteiger partial charge < -0.3 is 14.7 Å². The van der Waals surface area contributed by atoms with Crippen molar-refractivity contribution in [3.05, 3.63) is 99.8 Å². The Morgan fingerprint density at radius 2 is 1.85 bits per heavy atom. The van der Waals surface area contributed by atoms with Crippen LogP contribution in [-0.2, 0) is 24.2 Å². The van der Waals surface area contributed by atoms with Crippen molar-refractivity contribution in [1.29, 1.82) is 0 Å². The maximum Gasteiger partial charge on any atom is 0.305 e. The van der Waals surface area contributed by atoms with Crippen LogP contribution in [0.4, 0.5) is 4.39 Å². The van der Waals surface area contributed by atoms with Crippen molar-refractivity contribution in [2.24, 2.45) is 0 Å². The number of hydrogen-bond donors (Lipinski definition) is 1. The molecule has 0 saturated heterocycles. The van der Waals surface area contributed by atoms with E-state index in [-0.39, 0.29) is 23.9 Å². The summed E-state index contributed by atoms with van der Waals surface area (Å²) < 4.78 is 19.7. The van der Waals surface area contributed by atoms with Gasteiger partial charge in [0.2, 0.25) is 0 Å². The van der Waals surface area contributed by atoms with Crippen molar-refractivity contribution < 1.29 is 23.8 Å². The molecule has 3 aromatic rings. The van der Waals surface area contributed by atoms with Crippen LogP contribution < -0.4 is 4.74 Å². The van der Waals surface area contributed by atoms with Gasteiger partial charge in [-0.3, -0.25) is 9.59 Å². The Morgan fingerprint density at radius 3 is 2.56 bits per heavy atom. The standard InChI is InChI=1S/C27H25ClFNO4/c1-27(15-19-7-9-23(29)22(28)13-19)16-21-14-20(8-10-24(21)34-27)26(33)30(12-11-25(31)32)17-18-5-3-2-4-6-18/h2-10,13-14H,11-12,15-17H2,1H3,(H,31,32)/t27-/m1/s1. The predicted octanol–water partition coefficient (Wildman–Crippen LogP) is 5.53. The molecule has 34 heavy (non-hydrogen) atoms. The number of fused-ring (bicyclic) bond motifs is 1. The fourth-order valence-corrected chi connectivity index (χ4v) is 4.51. The van der Waals surface area contributed by atoms with Crippen LogP contribution in [0.1, 0.15) is 40.4 Å². The zero-order valence-electron chi connectivity index (χ0n) is 18.8. The van der Waals surface area contributed by atoms with Crippen molar-refractivity contribution in [2.45, 2.75) is 38.3 Å². The Morgan fingerprint density at radius 1 is 1.09 bits per heavy atom. The Kier molecular flexibility index (Phi) is 6.89. The van der Waals surface area contributed by atoms with Gasteiger partial charge in [-0.25, -0.2) is 4.39 Å². The van der Waals surface area contributed by atoms with Gasteiger partial charge in [-0.15, -0.1) is 0 Å². The highest BCUT2D eigenvalue weighted by Crippen LogP contribution is 2.38. The molecule has 1 aliphatic rings. The van der Waals surface area contributed by atoms with Crippen molar-refractivity contribution in [3.63, 3.8) is 0 Å². The lowest BCUT2D eigenvalue weighted by Crippen LogP contribution is -2.33. The Hall–Kier alpha value is -3.38. The lowest BCUT2D eigenvalue weighted by Gasteiger charge is -2.24. The number of ether oxygens (including phenoxy) is 1. The van der Waals surface area contributed by atoms with Crippen molar-refractivity contribution >= 4 is 23.5 Å². The number of amides is 1. The normalized spacial score (nSPS) is 16.6. The molecule has 7 heteroatoms. The largest absolute Gasteiger partial charge is 0.487 e. The number of halogens is 2. The molecule has 5 nitrogen and oxygen atoms in total. The molecule has 1 aliphatic heterocycles. The lowest BCUT2D eigenvalue weighted by atomic mass is 9.91. The summed E-state index contributed by atoms with van der Waals surface area (Å²) in [7, 11) is 0. The van der Waals surface area contributed by atoms with Crippen LogP contribution >= 0.6 is 11.6 Å². The second-order valence-electron chi connectivity index (χ2n) is 8.83. The van der Waals surface area contributed by atoms with Crippen LogP contribution in [0.15, 0.2) is 66.7 Å². The summed E-state index contributed by atoms with van der Waals surface area (Å²) >= 11 is 5.93. The number of carbonyl (C=O) groups is 2. The van der Waals surface area contributed by atoms with Crippen LogP contribution in [0.2, 0.25) is 5.02 Å². The number of carbonyl (C=O) groups excluding carboxylic acids is 1. The van der Waals surface area contributed by atoms with E-state index in [2.05, 4.69) is 0 Å². The number of carboxylic acids is 1. The van der Waals surface area contributed by atoms with E-state index in [1.165, 1.54) is 6.07 Å². The van der Waals surface area contributed by atoms with E-state index in [0.717, 1.165) is 16.7 Å². The Bertz CT molecular complexity index is 1220. The summed E-state index contributed by atoms with van der Waals surface area (Å²) in [5.74, 6) is -0.943. The van der Waals surface area contributed by atoms with Gasteiger partial charge in [0.1, 0.15) is 17.2 Å². The van der Waals surface area contributed by atoms with Crippen LogP contribution in [0, 0.1) is 5.82 Å². The molecule has 0 aromatic heterocycles. The first-order chi connectivity index (χ1) is 16.2. The maximum atomic E-state index is 13.5. The highest BCUT2D eigenvalue weighted by atomic mass is 35.5. The highest BCUT2D eigenvalue weighted by Gasteiger charge is 2.35. The zero-order valence-corrected chi connectivity index (χ0v) is 19.5. The minimum atomic E-state index is -0.954. The van der Waals surface area contributed by atoms with E-state index < -0.39 is 17.4 Å². The topological polar surface area (TPSA) is 66.8 Å². The summed E-state index contributed by atoms with van der Waals surface area (Å²) in [6.07, 6.45) is 0.973. The van der Waals surface area contributed by atoms with Gasteiger partial charge in [0.25, 0.3) is 5.91 Å². The van der Waals surface area contributed by atoms with Crippen molar-refractivity contribution in [2.75, 3.05) is 6.54 Å². The number of hydrogen-bond acceptors (Lipinski definition) is 3. The molecule has 4 rings (SSSR count). The Balaban J connectivity index is 1.52. The predicted molar refractivity (Wildman–Crippen MR) is 128 cm³/mol. The molecule has 0 unspecified atom stereocenters. The summed E-state index contributed by atoms with van der Waals surface area (Å²) in [4.78, 5) is 26.0. The van der Waals surface area contributed by atoms with E-state index in [1.54, 1.807) is 29.2 Å². The van der Waals surface area contributed by atoms with Gasteiger partial charge in [0.05, 0.1) is 11.4 Å². The highest BCUT2D eigenvalue weighted by molar-refractivity contribution is 6.30. The summed E-state index contributed by atoms with van der Waals surface area (Å²) in [6, 6.07) is 19.4. The van der Waals surface area contributed by atoms with Gasteiger partial charge >= 0.3 is 5.97 Å². The van der Waals surface area contributed by atoms with E-state index in [9.17, 15) is 14.0 Å². The molecule has 0 spiro atoms. The minimum absolute atomic E-state index is 0.0735. The number of aliphatic carboxylic acids is 1. The number of rotatable bonds is 8. The fourth-order valence-electron chi connectivity index (χ4n) is 4.30. The maximum absolute atomic E-state index is 13.5. The van der Waals surface area contributed by atoms with E-state index in [4.69, 9.17) is 21.4 Å². The average molecular weight is 482 g/mol. The minimum Gasteiger partial charge on any atom is -0.487 e. The third-order valence-corrected chi connectivity index (χ3v) is 6.18. The van der Waals surface area contributed by atoms with Gasteiger partial charge in [-0.1, -0.05) is 48.0 Å². The van der Waals surface area contributed by atoms with Crippen LogP contribution in [0.5, 0.6) is 5.75 Å². The van der Waals surface area contributed by atoms with Gasteiger partial charge in [0, 0.05) is 31.5 Å². The van der Waals surface area contributed by atoms with Gasteiger partial charge in [0.15, 0.2) is 0 Å². The van der Waals surface area contributed by atoms with Crippen molar-refractivity contribution in [3.8, 4) is 5.75 Å². The van der Waals surface area contributed by atoms with Gasteiger partial charge in [-0.05, 0) is 53.9 Å². The van der Waals surface area contributed by atoms with Crippen LogP contribution in [0.25, 0.3) is 0 Å². The van der Waals surface area contributed by atoms with E-state index >= 15 is 0 Å². The van der Waals surface area contributed by atoms with Crippen LogP contribution in [0.3, 0.4) is 0 Å². The second-order valence-corrected chi connectivity index (χ2v) is 9.24. The third-order valence-electron chi connectivity index (χ3n) is 5.89. The molecular formula is C27H25ClFNO4. The average Bonchev–Trinajstić information content (AvgIpc) is 3.14. The summed E-state index contributed by atoms with van der Waals surface area (Å²) in [5.41, 5.74) is 2.62. The van der Waals surface area contributed by atoms with E-state index in [1.807, 2.05) is 43.3 Å². The molecule has 0 fully saturated rings. The number of nitrogens with zero attached hydrogens (tertiary/aromatic N) is 1. The van der Waals surface area contributed by atoms with Gasteiger partial charge in [-0.2, -0.15) is 0 Å². The molecule has 0 saturated carbocycles. The lowest BCUT2D eigenvalue weighted by molar-refractivity contribution is -0.137. The van der Waals surface area contributed by atoms with Crippen molar-refractivity contribution in [1.82, 2.24) is 4.90 Å². The molecule has 0 bridgehead atoms. The Labute approximate surface area is 202 Å². The number of benzene rings is 3. The molecule has 1 amide bonds. The quantitative estimate of drug-likeness (QED) is 0.459. The zero-order chi connectivity index (χ0) is 24.3. The molecule has 1 atom stereocenters. The first-order valence-electron chi connectivity index (χ1n) is 11.0. The second kappa shape index (κ2) is 9.85. The summed E-state index contributed by atoms with van der Waals surface area (Å²) in [6.45, 7) is 2.41. The molecule has 3 aromatic carbocycles. The first-order valence-corrected chi connectivity index (χ1v) is 11.4. The summed E-state index contributed by atoms with van der Waals surface area (Å²) in [5, 5.41) is 9.21. The molecule has 1 heterocycles. The molecule has 0 radical (unpaired) electrons. The monoisotopic (exact) mass is 481 g/mol. The molecule has 1 N–H and O–H groups in total.